The molecule has 6 nitrogen and oxygen atoms in total. The monoisotopic (exact) mass is 351 g/mol. The fraction of sp³-hybridized carbons (Fsp3) is 0.550. The average Bonchev–Trinajstić information content (AvgIpc) is 3.18. The highest BCUT2D eigenvalue weighted by Gasteiger charge is 2.72. The summed E-state index contributed by atoms with van der Waals surface area (Å²) in [6.07, 6.45) is 3.32. The van der Waals surface area contributed by atoms with E-state index >= 15 is 0 Å². The van der Waals surface area contributed by atoms with E-state index in [9.17, 15) is 14.9 Å². The normalized spacial score (nSPS) is 37.3. The number of carbonyl (C=O) groups is 2. The number of anilines is 2. The third kappa shape index (κ3) is 1.74. The summed E-state index contributed by atoms with van der Waals surface area (Å²) in [5.41, 5.74) is 1.76. The number of nitrogens with one attached hydrogen (secondary N) is 1. The van der Waals surface area contributed by atoms with Gasteiger partial charge in [0.15, 0.2) is 0 Å². The fourth-order valence-electron chi connectivity index (χ4n) is 5.57. The predicted octanol–water partition coefficient (Wildman–Crippen LogP) is 2.36. The first-order valence-electron chi connectivity index (χ1n) is 9.27. The number of benzene rings is 1. The smallest absolute Gasteiger partial charge is 0.240 e. The van der Waals surface area contributed by atoms with E-state index in [0.29, 0.717) is 11.3 Å². The van der Waals surface area contributed by atoms with Crippen molar-refractivity contribution in [3.63, 3.8) is 0 Å². The molecule has 0 unspecified atom stereocenters. The van der Waals surface area contributed by atoms with Crippen LogP contribution in [0.3, 0.4) is 0 Å². The molecule has 3 saturated heterocycles. The molecule has 4 aliphatic heterocycles. The molecule has 0 aromatic heterocycles. The molecule has 1 aromatic rings. The van der Waals surface area contributed by atoms with Gasteiger partial charge in [0, 0.05) is 6.54 Å². The minimum atomic E-state index is -0.555. The topological polar surface area (TPSA) is 82.4 Å². The molecule has 134 valence electrons. The lowest BCUT2D eigenvalue weighted by Crippen LogP contribution is -2.40. The van der Waals surface area contributed by atoms with Gasteiger partial charge in [-0.15, -0.1) is 0 Å². The number of ether oxygens (including phenoxy) is 1. The van der Waals surface area contributed by atoms with E-state index in [0.717, 1.165) is 43.5 Å². The Kier molecular flexibility index (Phi) is 2.96. The van der Waals surface area contributed by atoms with E-state index in [1.165, 1.54) is 4.90 Å². The van der Waals surface area contributed by atoms with Crippen molar-refractivity contribution in [3.05, 3.63) is 23.3 Å². The Hall–Kier alpha value is -2.39. The number of hydrogen-bond acceptors (Lipinski definition) is 5. The molecule has 1 N–H and O–H groups in total. The number of nitriles is 1. The van der Waals surface area contributed by atoms with Gasteiger partial charge in [0.2, 0.25) is 11.8 Å². The van der Waals surface area contributed by atoms with Crippen LogP contribution >= 0.6 is 0 Å². The molecule has 3 fully saturated rings. The summed E-state index contributed by atoms with van der Waals surface area (Å²) in [5.74, 6) is -1.15. The second-order valence-electron chi connectivity index (χ2n) is 8.32. The van der Waals surface area contributed by atoms with Crippen molar-refractivity contribution in [2.24, 2.45) is 11.8 Å². The highest BCUT2D eigenvalue weighted by Crippen LogP contribution is 2.61. The number of fused-ring (bicyclic) bond motifs is 6. The maximum absolute atomic E-state index is 13.3. The number of nitrogens with zero attached hydrogens (tertiary/aromatic N) is 2. The minimum absolute atomic E-state index is 0.162. The van der Waals surface area contributed by atoms with Gasteiger partial charge in [-0.2, -0.15) is 5.26 Å². The Balaban J connectivity index is 1.64. The standard InChI is InChI=1S/C20H21N3O3/c1-19-7-8-20(2,26-19)15-14(19)17(24)23(18(15)25)13-6-5-11(10-21)12-4-3-9-22-16(12)13/h5-6,14-15,22H,3-4,7-9H2,1-2H3/t14-,15+,19-,20+. The molecular formula is C20H21N3O3. The molecule has 0 aliphatic carbocycles. The van der Waals surface area contributed by atoms with Crippen molar-refractivity contribution in [2.45, 2.75) is 50.7 Å². The van der Waals surface area contributed by atoms with E-state index in [1.807, 2.05) is 13.8 Å². The van der Waals surface area contributed by atoms with Crippen molar-refractivity contribution < 1.29 is 14.3 Å². The van der Waals surface area contributed by atoms with Gasteiger partial charge in [0.1, 0.15) is 0 Å². The molecule has 5 rings (SSSR count). The summed E-state index contributed by atoms with van der Waals surface area (Å²) in [5, 5.41) is 12.7. The zero-order chi connectivity index (χ0) is 18.3. The third-order valence-electron chi connectivity index (χ3n) is 6.76. The minimum Gasteiger partial charge on any atom is -0.383 e. The Morgan fingerprint density at radius 1 is 1.19 bits per heavy atom. The molecule has 2 bridgehead atoms. The molecule has 1 aromatic carbocycles. The molecule has 0 saturated carbocycles. The molecule has 0 spiro atoms. The second kappa shape index (κ2) is 4.86. The lowest BCUT2D eigenvalue weighted by atomic mass is 9.69. The Morgan fingerprint density at radius 2 is 1.85 bits per heavy atom. The summed E-state index contributed by atoms with van der Waals surface area (Å²) < 4.78 is 6.16. The Labute approximate surface area is 152 Å². The lowest BCUT2D eigenvalue weighted by Gasteiger charge is -2.28. The Bertz CT molecular complexity index is 870. The van der Waals surface area contributed by atoms with Gasteiger partial charge in [-0.1, -0.05) is 0 Å². The van der Waals surface area contributed by atoms with Gasteiger partial charge in [-0.3, -0.25) is 9.59 Å². The van der Waals surface area contributed by atoms with Crippen LogP contribution in [0.5, 0.6) is 0 Å². The van der Waals surface area contributed by atoms with Crippen molar-refractivity contribution in [2.75, 3.05) is 16.8 Å². The first-order chi connectivity index (χ1) is 12.4. The van der Waals surface area contributed by atoms with Gasteiger partial charge >= 0.3 is 0 Å². The number of hydrogen-bond donors (Lipinski definition) is 1. The van der Waals surface area contributed by atoms with Crippen LogP contribution in [0.1, 0.15) is 44.2 Å². The molecule has 4 atom stereocenters. The third-order valence-corrected chi connectivity index (χ3v) is 6.76. The van der Waals surface area contributed by atoms with Crippen LogP contribution in [0, 0.1) is 23.2 Å². The van der Waals surface area contributed by atoms with Crippen LogP contribution in [0.15, 0.2) is 12.1 Å². The van der Waals surface area contributed by atoms with Gasteiger partial charge in [-0.05, 0) is 57.2 Å². The van der Waals surface area contributed by atoms with Crippen molar-refractivity contribution in [3.8, 4) is 6.07 Å². The van der Waals surface area contributed by atoms with Crippen LogP contribution in [-0.4, -0.2) is 29.6 Å². The second-order valence-corrected chi connectivity index (χ2v) is 8.32. The van der Waals surface area contributed by atoms with Crippen molar-refractivity contribution in [1.29, 1.82) is 5.26 Å². The van der Waals surface area contributed by atoms with Crippen LogP contribution in [0.25, 0.3) is 0 Å². The summed E-state index contributed by atoms with van der Waals surface area (Å²) in [6, 6.07) is 5.69. The maximum Gasteiger partial charge on any atom is 0.240 e. The number of imide groups is 1. The summed E-state index contributed by atoms with van der Waals surface area (Å²) in [6.45, 7) is 4.70. The van der Waals surface area contributed by atoms with Crippen molar-refractivity contribution >= 4 is 23.2 Å². The first kappa shape index (κ1) is 15.8. The van der Waals surface area contributed by atoms with E-state index in [4.69, 9.17) is 4.74 Å². The van der Waals surface area contributed by atoms with Crippen LogP contribution < -0.4 is 10.2 Å². The molecule has 2 amide bonds. The number of rotatable bonds is 1. The number of carbonyl (C=O) groups excluding carboxylic acids is 2. The van der Waals surface area contributed by atoms with Crippen LogP contribution in [-0.2, 0) is 20.7 Å². The largest absolute Gasteiger partial charge is 0.383 e. The summed E-state index contributed by atoms with van der Waals surface area (Å²) >= 11 is 0. The van der Waals surface area contributed by atoms with Gasteiger partial charge in [0.25, 0.3) is 0 Å². The lowest BCUT2D eigenvalue weighted by molar-refractivity contribution is -0.129. The highest BCUT2D eigenvalue weighted by molar-refractivity contribution is 6.24. The van der Waals surface area contributed by atoms with E-state index in [-0.39, 0.29) is 11.8 Å². The van der Waals surface area contributed by atoms with Gasteiger partial charge in [0.05, 0.1) is 46.0 Å². The first-order valence-corrected chi connectivity index (χ1v) is 9.27. The SMILES string of the molecule is C[C@]12CC[C@](C)(O1)[C@@H]1C(=O)N(c3ccc(C#N)c4c3NCCC4)C(=O)[C@@H]12. The molecule has 4 aliphatic rings. The fourth-order valence-corrected chi connectivity index (χ4v) is 5.57. The average molecular weight is 351 g/mol. The molecule has 6 heteroatoms. The van der Waals surface area contributed by atoms with Gasteiger partial charge < -0.3 is 10.1 Å². The highest BCUT2D eigenvalue weighted by atomic mass is 16.5. The van der Waals surface area contributed by atoms with Crippen molar-refractivity contribution in [1.82, 2.24) is 0 Å². The molecule has 0 radical (unpaired) electrons. The van der Waals surface area contributed by atoms with E-state index in [2.05, 4.69) is 11.4 Å². The Morgan fingerprint density at radius 3 is 2.46 bits per heavy atom. The maximum atomic E-state index is 13.3. The van der Waals surface area contributed by atoms with E-state index in [1.54, 1.807) is 12.1 Å². The summed E-state index contributed by atoms with van der Waals surface area (Å²) in [4.78, 5) is 28.0. The number of amides is 2. The van der Waals surface area contributed by atoms with E-state index < -0.39 is 23.0 Å². The molecular weight excluding hydrogens is 330 g/mol. The molecule has 4 heterocycles. The summed E-state index contributed by atoms with van der Waals surface area (Å²) in [7, 11) is 0. The zero-order valence-electron chi connectivity index (χ0n) is 15.0. The molecule has 26 heavy (non-hydrogen) atoms. The predicted molar refractivity (Wildman–Crippen MR) is 94.6 cm³/mol. The van der Waals surface area contributed by atoms with Crippen LogP contribution in [0.2, 0.25) is 0 Å². The van der Waals surface area contributed by atoms with Gasteiger partial charge in [-0.25, -0.2) is 4.90 Å². The quantitative estimate of drug-likeness (QED) is 0.786. The van der Waals surface area contributed by atoms with Crippen LogP contribution in [0.4, 0.5) is 11.4 Å². The zero-order valence-corrected chi connectivity index (χ0v) is 15.0.